The smallest absolute Gasteiger partial charge is 0.147 e. The highest BCUT2D eigenvalue weighted by Crippen LogP contribution is 2.11. The molecule has 0 fully saturated rings. The number of ether oxygens (including phenoxy) is 1. The molecule has 14 heavy (non-hydrogen) atoms. The molecule has 5 heteroatoms. The molecular formula is C9H13ClN2OS. The van der Waals surface area contributed by atoms with Crippen LogP contribution in [0.3, 0.4) is 0 Å². The number of halogens is 1. The summed E-state index contributed by atoms with van der Waals surface area (Å²) in [7, 11) is 1.72. The van der Waals surface area contributed by atoms with Gasteiger partial charge in [0.1, 0.15) is 5.15 Å². The van der Waals surface area contributed by atoms with Crippen molar-refractivity contribution in [2.24, 2.45) is 0 Å². The Morgan fingerprint density at radius 1 is 1.43 bits per heavy atom. The predicted octanol–water partition coefficient (Wildman–Crippen LogP) is 2.40. The molecule has 0 saturated heterocycles. The van der Waals surface area contributed by atoms with E-state index in [0.717, 1.165) is 30.2 Å². The molecule has 1 heterocycles. The van der Waals surface area contributed by atoms with E-state index in [-0.39, 0.29) is 0 Å². The summed E-state index contributed by atoms with van der Waals surface area (Å²) in [5.74, 6) is 1.96. The van der Waals surface area contributed by atoms with E-state index in [2.05, 4.69) is 9.97 Å². The predicted molar refractivity (Wildman–Crippen MR) is 59.7 cm³/mol. The van der Waals surface area contributed by atoms with Crippen molar-refractivity contribution in [2.75, 3.05) is 19.5 Å². The SMILES string of the molecule is COCCCSCc1cnc(Cl)cn1. The molecule has 3 nitrogen and oxygen atoms in total. The van der Waals surface area contributed by atoms with Crippen LogP contribution in [0, 0.1) is 0 Å². The number of nitrogens with zero attached hydrogens (tertiary/aromatic N) is 2. The summed E-state index contributed by atoms with van der Waals surface area (Å²) in [6.45, 7) is 0.819. The first kappa shape index (κ1) is 11.8. The van der Waals surface area contributed by atoms with Crippen molar-refractivity contribution >= 4 is 23.4 Å². The zero-order chi connectivity index (χ0) is 10.2. The van der Waals surface area contributed by atoms with E-state index in [1.54, 1.807) is 19.5 Å². The van der Waals surface area contributed by atoms with E-state index < -0.39 is 0 Å². The number of methoxy groups -OCH3 is 1. The summed E-state index contributed by atoms with van der Waals surface area (Å²) in [4.78, 5) is 8.11. The lowest BCUT2D eigenvalue weighted by molar-refractivity contribution is 0.200. The maximum Gasteiger partial charge on any atom is 0.147 e. The normalized spacial score (nSPS) is 10.4. The zero-order valence-electron chi connectivity index (χ0n) is 8.07. The van der Waals surface area contributed by atoms with E-state index in [9.17, 15) is 0 Å². The number of aromatic nitrogens is 2. The molecule has 1 aromatic heterocycles. The monoisotopic (exact) mass is 232 g/mol. The number of rotatable bonds is 6. The van der Waals surface area contributed by atoms with Gasteiger partial charge >= 0.3 is 0 Å². The van der Waals surface area contributed by atoms with E-state index >= 15 is 0 Å². The highest BCUT2D eigenvalue weighted by molar-refractivity contribution is 7.98. The van der Waals surface area contributed by atoms with Gasteiger partial charge in [-0.05, 0) is 12.2 Å². The molecule has 0 aliphatic heterocycles. The Bertz CT molecular complexity index is 255. The van der Waals surface area contributed by atoms with Crippen LogP contribution in [-0.2, 0) is 10.5 Å². The van der Waals surface area contributed by atoms with Gasteiger partial charge in [-0.2, -0.15) is 11.8 Å². The topological polar surface area (TPSA) is 35.0 Å². The van der Waals surface area contributed by atoms with E-state index in [0.29, 0.717) is 5.15 Å². The highest BCUT2D eigenvalue weighted by atomic mass is 35.5. The minimum absolute atomic E-state index is 0.443. The Balaban J connectivity index is 2.15. The average molecular weight is 233 g/mol. The molecule has 0 spiro atoms. The van der Waals surface area contributed by atoms with Crippen molar-refractivity contribution in [3.05, 3.63) is 23.2 Å². The van der Waals surface area contributed by atoms with Gasteiger partial charge in [-0.1, -0.05) is 11.6 Å². The maximum atomic E-state index is 5.62. The van der Waals surface area contributed by atoms with Crippen molar-refractivity contribution in [3.8, 4) is 0 Å². The van der Waals surface area contributed by atoms with Crippen LogP contribution >= 0.6 is 23.4 Å². The van der Waals surface area contributed by atoms with Crippen molar-refractivity contribution < 1.29 is 4.74 Å². The van der Waals surface area contributed by atoms with Gasteiger partial charge in [-0.25, -0.2) is 4.98 Å². The fraction of sp³-hybridized carbons (Fsp3) is 0.556. The molecule has 1 aromatic rings. The molecule has 0 bridgehead atoms. The summed E-state index contributed by atoms with van der Waals surface area (Å²) < 4.78 is 4.95. The molecule has 0 aliphatic carbocycles. The van der Waals surface area contributed by atoms with Crippen molar-refractivity contribution in [3.63, 3.8) is 0 Å². The van der Waals surface area contributed by atoms with E-state index in [1.807, 2.05) is 11.8 Å². The van der Waals surface area contributed by atoms with Crippen LogP contribution in [0.5, 0.6) is 0 Å². The fourth-order valence-electron chi connectivity index (χ4n) is 0.896. The first-order valence-electron chi connectivity index (χ1n) is 4.36. The molecule has 0 aromatic carbocycles. The minimum atomic E-state index is 0.443. The second-order valence-electron chi connectivity index (χ2n) is 2.73. The van der Waals surface area contributed by atoms with Gasteiger partial charge in [0.2, 0.25) is 0 Å². The molecule has 1 rings (SSSR count). The van der Waals surface area contributed by atoms with Gasteiger partial charge in [0.25, 0.3) is 0 Å². The Morgan fingerprint density at radius 3 is 2.93 bits per heavy atom. The average Bonchev–Trinajstić information content (AvgIpc) is 2.21. The zero-order valence-corrected chi connectivity index (χ0v) is 9.64. The number of hydrogen-bond acceptors (Lipinski definition) is 4. The van der Waals surface area contributed by atoms with Crippen LogP contribution in [0.4, 0.5) is 0 Å². The Kier molecular flexibility index (Phi) is 5.91. The quantitative estimate of drug-likeness (QED) is 0.706. The first-order valence-corrected chi connectivity index (χ1v) is 5.89. The van der Waals surface area contributed by atoms with Gasteiger partial charge in [-0.3, -0.25) is 4.98 Å². The van der Waals surface area contributed by atoms with Crippen LogP contribution in [-0.4, -0.2) is 29.4 Å². The number of thioether (sulfide) groups is 1. The minimum Gasteiger partial charge on any atom is -0.385 e. The molecule has 0 radical (unpaired) electrons. The lowest BCUT2D eigenvalue weighted by Gasteiger charge is -2.00. The van der Waals surface area contributed by atoms with Gasteiger partial charge in [0.05, 0.1) is 18.1 Å². The Morgan fingerprint density at radius 2 is 2.29 bits per heavy atom. The number of hydrogen-bond donors (Lipinski definition) is 0. The molecular weight excluding hydrogens is 220 g/mol. The fourth-order valence-corrected chi connectivity index (χ4v) is 1.82. The van der Waals surface area contributed by atoms with Gasteiger partial charge < -0.3 is 4.74 Å². The third-order valence-electron chi connectivity index (χ3n) is 1.56. The van der Waals surface area contributed by atoms with Crippen LogP contribution in [0.2, 0.25) is 5.15 Å². The van der Waals surface area contributed by atoms with Crippen molar-refractivity contribution in [1.29, 1.82) is 0 Å². The van der Waals surface area contributed by atoms with Crippen molar-refractivity contribution in [1.82, 2.24) is 9.97 Å². The van der Waals surface area contributed by atoms with E-state index in [1.165, 1.54) is 0 Å². The lowest BCUT2D eigenvalue weighted by Crippen LogP contribution is -1.93. The Hall–Kier alpha value is -0.320. The Labute approximate surface area is 93.2 Å². The third kappa shape index (κ3) is 4.79. The molecule has 78 valence electrons. The standard InChI is InChI=1S/C9H13ClN2OS/c1-13-3-2-4-14-7-8-5-12-9(10)6-11-8/h5-6H,2-4,7H2,1H3. The first-order chi connectivity index (χ1) is 6.83. The van der Waals surface area contributed by atoms with Crippen LogP contribution < -0.4 is 0 Å². The molecule has 0 saturated carbocycles. The van der Waals surface area contributed by atoms with Crippen LogP contribution in [0.15, 0.2) is 12.4 Å². The second-order valence-corrected chi connectivity index (χ2v) is 4.22. The van der Waals surface area contributed by atoms with Gasteiger partial charge in [0.15, 0.2) is 0 Å². The van der Waals surface area contributed by atoms with Gasteiger partial charge in [0, 0.05) is 19.5 Å². The summed E-state index contributed by atoms with van der Waals surface area (Å²) in [5.41, 5.74) is 0.969. The summed E-state index contributed by atoms with van der Waals surface area (Å²) in [6.07, 6.45) is 4.36. The van der Waals surface area contributed by atoms with Crippen LogP contribution in [0.25, 0.3) is 0 Å². The summed E-state index contributed by atoms with van der Waals surface area (Å²) >= 11 is 7.44. The largest absolute Gasteiger partial charge is 0.385 e. The summed E-state index contributed by atoms with van der Waals surface area (Å²) in [5, 5.41) is 0.443. The molecule has 0 atom stereocenters. The highest BCUT2D eigenvalue weighted by Gasteiger charge is 1.96. The molecule has 0 N–H and O–H groups in total. The molecule has 0 amide bonds. The van der Waals surface area contributed by atoms with Crippen LogP contribution in [0.1, 0.15) is 12.1 Å². The summed E-state index contributed by atoms with van der Waals surface area (Å²) in [6, 6.07) is 0. The molecule has 0 unspecified atom stereocenters. The van der Waals surface area contributed by atoms with Gasteiger partial charge in [-0.15, -0.1) is 0 Å². The van der Waals surface area contributed by atoms with E-state index in [4.69, 9.17) is 16.3 Å². The second kappa shape index (κ2) is 7.04. The lowest BCUT2D eigenvalue weighted by atomic mass is 10.5. The maximum absolute atomic E-state index is 5.62. The third-order valence-corrected chi connectivity index (χ3v) is 2.83. The van der Waals surface area contributed by atoms with Crippen molar-refractivity contribution in [2.45, 2.75) is 12.2 Å². The molecule has 0 aliphatic rings.